The van der Waals surface area contributed by atoms with Crippen LogP contribution >= 0.6 is 34.8 Å². The summed E-state index contributed by atoms with van der Waals surface area (Å²) < 4.78 is 16.2. The fourth-order valence-electron chi connectivity index (χ4n) is 2.77. The number of rotatable bonds is 8. The number of carbonyl (C=O) groups excluding carboxylic acids is 2. The van der Waals surface area contributed by atoms with Crippen molar-refractivity contribution in [3.05, 3.63) is 86.4 Å². The Morgan fingerprint density at radius 1 is 0.941 bits per heavy atom. The van der Waals surface area contributed by atoms with E-state index >= 15 is 0 Å². The van der Waals surface area contributed by atoms with Gasteiger partial charge in [0.1, 0.15) is 5.75 Å². The number of ether oxygens (including phenoxy) is 3. The van der Waals surface area contributed by atoms with Crippen molar-refractivity contribution in [3.63, 3.8) is 0 Å². The summed E-state index contributed by atoms with van der Waals surface area (Å²) in [4.78, 5) is 24.8. The first-order valence-electron chi connectivity index (χ1n) is 9.93. The Labute approximate surface area is 211 Å². The molecule has 3 aromatic rings. The van der Waals surface area contributed by atoms with Gasteiger partial charge in [-0.1, -0.05) is 34.8 Å². The Bertz CT molecular complexity index is 1230. The standard InChI is InChI=1S/C24H19Cl3N2O5/c1-3-33-21-11-14(13-28-29-23(30)16-6-9-18(25)19(26)12-16)10-20(27)22(21)34-24(31)15-4-7-17(32-2)8-5-15/h4-13H,3H2,1-2H3,(H,29,30)/b28-13-. The molecule has 176 valence electrons. The zero-order chi connectivity index (χ0) is 24.7. The van der Waals surface area contributed by atoms with E-state index in [1.807, 2.05) is 0 Å². The molecule has 34 heavy (non-hydrogen) atoms. The molecule has 0 fully saturated rings. The van der Waals surface area contributed by atoms with Crippen molar-refractivity contribution in [3.8, 4) is 17.2 Å². The molecule has 7 nitrogen and oxygen atoms in total. The number of nitrogens with zero attached hydrogens (tertiary/aromatic N) is 1. The van der Waals surface area contributed by atoms with E-state index in [1.165, 1.54) is 37.6 Å². The van der Waals surface area contributed by atoms with E-state index in [1.54, 1.807) is 37.3 Å². The number of halogens is 3. The summed E-state index contributed by atoms with van der Waals surface area (Å²) in [7, 11) is 1.53. The highest BCUT2D eigenvalue weighted by molar-refractivity contribution is 6.42. The quantitative estimate of drug-likeness (QED) is 0.169. The van der Waals surface area contributed by atoms with Crippen molar-refractivity contribution < 1.29 is 23.8 Å². The van der Waals surface area contributed by atoms with Gasteiger partial charge in [0.2, 0.25) is 0 Å². The van der Waals surface area contributed by atoms with E-state index in [9.17, 15) is 9.59 Å². The zero-order valence-corrected chi connectivity index (χ0v) is 20.4. The van der Waals surface area contributed by atoms with Crippen LogP contribution in [0.15, 0.2) is 59.7 Å². The van der Waals surface area contributed by atoms with Crippen molar-refractivity contribution in [1.82, 2.24) is 5.43 Å². The number of nitrogens with one attached hydrogen (secondary N) is 1. The van der Waals surface area contributed by atoms with Crippen LogP contribution in [-0.2, 0) is 0 Å². The Balaban J connectivity index is 1.76. The second-order valence-electron chi connectivity index (χ2n) is 6.71. The van der Waals surface area contributed by atoms with Crippen LogP contribution in [0.3, 0.4) is 0 Å². The van der Waals surface area contributed by atoms with Gasteiger partial charge in [0.25, 0.3) is 5.91 Å². The number of hydrogen-bond donors (Lipinski definition) is 1. The number of methoxy groups -OCH3 is 1. The average Bonchev–Trinajstić information content (AvgIpc) is 2.83. The first-order chi connectivity index (χ1) is 16.3. The third-order valence-electron chi connectivity index (χ3n) is 4.41. The molecule has 3 rings (SSSR count). The second-order valence-corrected chi connectivity index (χ2v) is 7.93. The average molecular weight is 522 g/mol. The highest BCUT2D eigenvalue weighted by Crippen LogP contribution is 2.37. The lowest BCUT2D eigenvalue weighted by Gasteiger charge is -2.13. The van der Waals surface area contributed by atoms with Crippen LogP contribution in [0.4, 0.5) is 0 Å². The van der Waals surface area contributed by atoms with Crippen LogP contribution in [0.1, 0.15) is 33.2 Å². The predicted molar refractivity (Wildman–Crippen MR) is 132 cm³/mol. The van der Waals surface area contributed by atoms with Crippen LogP contribution in [0.5, 0.6) is 17.2 Å². The maximum atomic E-state index is 12.6. The summed E-state index contributed by atoms with van der Waals surface area (Å²) in [5.74, 6) is -0.160. The predicted octanol–water partition coefficient (Wildman–Crippen LogP) is 6.04. The van der Waals surface area contributed by atoms with Crippen molar-refractivity contribution in [2.24, 2.45) is 5.10 Å². The minimum absolute atomic E-state index is 0.0707. The van der Waals surface area contributed by atoms with E-state index in [2.05, 4.69) is 10.5 Å². The summed E-state index contributed by atoms with van der Waals surface area (Å²) in [6.45, 7) is 2.08. The molecule has 0 aromatic heterocycles. The molecule has 0 aliphatic heterocycles. The number of hydrogen-bond acceptors (Lipinski definition) is 6. The maximum Gasteiger partial charge on any atom is 0.343 e. The summed E-state index contributed by atoms with van der Waals surface area (Å²) in [5, 5.41) is 4.66. The molecule has 0 unspecified atom stereocenters. The van der Waals surface area contributed by atoms with Crippen molar-refractivity contribution in [1.29, 1.82) is 0 Å². The van der Waals surface area contributed by atoms with E-state index in [-0.39, 0.29) is 21.5 Å². The van der Waals surface area contributed by atoms with Gasteiger partial charge < -0.3 is 14.2 Å². The van der Waals surface area contributed by atoms with Crippen molar-refractivity contribution in [2.75, 3.05) is 13.7 Å². The Morgan fingerprint density at radius 2 is 1.65 bits per heavy atom. The number of hydrazone groups is 1. The third-order valence-corrected chi connectivity index (χ3v) is 5.43. The first kappa shape index (κ1) is 25.4. The molecule has 0 saturated heterocycles. The smallest absolute Gasteiger partial charge is 0.343 e. The van der Waals surface area contributed by atoms with E-state index in [0.29, 0.717) is 34.1 Å². The van der Waals surface area contributed by atoms with E-state index in [0.717, 1.165) is 0 Å². The molecule has 0 aliphatic carbocycles. The van der Waals surface area contributed by atoms with E-state index in [4.69, 9.17) is 49.0 Å². The number of esters is 1. The van der Waals surface area contributed by atoms with Gasteiger partial charge >= 0.3 is 5.97 Å². The lowest BCUT2D eigenvalue weighted by atomic mass is 10.2. The normalized spacial score (nSPS) is 10.7. The summed E-state index contributed by atoms with van der Waals surface area (Å²) in [6, 6.07) is 14.0. The summed E-state index contributed by atoms with van der Waals surface area (Å²) in [5.41, 5.74) is 3.51. The Hall–Kier alpha value is -3.26. The van der Waals surface area contributed by atoms with Crippen LogP contribution < -0.4 is 19.6 Å². The van der Waals surface area contributed by atoms with Gasteiger partial charge in [0, 0.05) is 5.56 Å². The van der Waals surface area contributed by atoms with Crippen molar-refractivity contribution in [2.45, 2.75) is 6.92 Å². The molecule has 0 aliphatic rings. The van der Waals surface area contributed by atoms with Gasteiger partial charge in [-0.3, -0.25) is 4.79 Å². The molecule has 1 amide bonds. The largest absolute Gasteiger partial charge is 0.497 e. The van der Waals surface area contributed by atoms with Gasteiger partial charge in [0.05, 0.1) is 40.6 Å². The van der Waals surface area contributed by atoms with E-state index < -0.39 is 11.9 Å². The van der Waals surface area contributed by atoms with Gasteiger partial charge in [-0.05, 0) is 67.1 Å². The van der Waals surface area contributed by atoms with Crippen LogP contribution in [0, 0.1) is 0 Å². The molecule has 0 spiro atoms. The molecular formula is C24H19Cl3N2O5. The number of amides is 1. The second kappa shape index (κ2) is 11.7. The minimum atomic E-state index is -0.610. The molecule has 0 saturated carbocycles. The number of benzene rings is 3. The summed E-state index contributed by atoms with van der Waals surface area (Å²) >= 11 is 18.2. The first-order valence-corrected chi connectivity index (χ1v) is 11.1. The van der Waals surface area contributed by atoms with Gasteiger partial charge in [-0.2, -0.15) is 5.10 Å². The molecule has 10 heteroatoms. The topological polar surface area (TPSA) is 86.2 Å². The molecule has 0 radical (unpaired) electrons. The maximum absolute atomic E-state index is 12.6. The molecule has 0 bridgehead atoms. The van der Waals surface area contributed by atoms with Gasteiger partial charge in [-0.25, -0.2) is 10.2 Å². The highest BCUT2D eigenvalue weighted by atomic mass is 35.5. The van der Waals surface area contributed by atoms with Crippen LogP contribution in [0.2, 0.25) is 15.1 Å². The molecule has 0 atom stereocenters. The Morgan fingerprint density at radius 3 is 2.29 bits per heavy atom. The van der Waals surface area contributed by atoms with Gasteiger partial charge in [-0.15, -0.1) is 0 Å². The van der Waals surface area contributed by atoms with Gasteiger partial charge in [0.15, 0.2) is 11.5 Å². The monoisotopic (exact) mass is 520 g/mol. The Kier molecular flexibility index (Phi) is 8.76. The lowest BCUT2D eigenvalue weighted by molar-refractivity contribution is 0.0728. The minimum Gasteiger partial charge on any atom is -0.497 e. The molecule has 1 N–H and O–H groups in total. The molecular weight excluding hydrogens is 503 g/mol. The number of carbonyl (C=O) groups is 2. The van der Waals surface area contributed by atoms with Crippen molar-refractivity contribution >= 4 is 52.9 Å². The molecule has 3 aromatic carbocycles. The van der Waals surface area contributed by atoms with Crippen LogP contribution in [-0.4, -0.2) is 31.8 Å². The fourth-order valence-corrected chi connectivity index (χ4v) is 3.33. The molecule has 0 heterocycles. The fraction of sp³-hybridized carbons (Fsp3) is 0.125. The highest BCUT2D eigenvalue weighted by Gasteiger charge is 2.17. The lowest BCUT2D eigenvalue weighted by Crippen LogP contribution is -2.17. The zero-order valence-electron chi connectivity index (χ0n) is 18.1. The SMILES string of the molecule is CCOc1cc(/C=N\NC(=O)c2ccc(Cl)c(Cl)c2)cc(Cl)c1OC(=O)c1ccc(OC)cc1. The van der Waals surface area contributed by atoms with Crippen LogP contribution in [0.25, 0.3) is 0 Å². The summed E-state index contributed by atoms with van der Waals surface area (Å²) in [6.07, 6.45) is 1.37. The third kappa shape index (κ3) is 6.41.